The lowest BCUT2D eigenvalue weighted by atomic mass is 9.82. The number of piperidine rings is 2. The summed E-state index contributed by atoms with van der Waals surface area (Å²) in [6.45, 7) is 4.04. The van der Waals surface area contributed by atoms with Gasteiger partial charge in [-0.15, -0.1) is 0 Å². The molecule has 2 atom stereocenters. The summed E-state index contributed by atoms with van der Waals surface area (Å²) in [5.74, 6) is 0.664. The second kappa shape index (κ2) is 9.96. The Morgan fingerprint density at radius 1 is 1.00 bits per heavy atom. The van der Waals surface area contributed by atoms with Gasteiger partial charge in [0.1, 0.15) is 5.75 Å². The Morgan fingerprint density at radius 3 is 2.24 bits per heavy atom. The summed E-state index contributed by atoms with van der Waals surface area (Å²) in [7, 11) is 5.71. The number of carbonyl (C=O) groups excluding carboxylic acids is 2. The largest absolute Gasteiger partial charge is 0.497 e. The summed E-state index contributed by atoms with van der Waals surface area (Å²) in [4.78, 5) is 33.2. The third-order valence-corrected chi connectivity index (χ3v) is 7.27. The number of nitrogens with zero attached hydrogens (tertiary/aromatic N) is 3. The van der Waals surface area contributed by atoms with E-state index in [0.29, 0.717) is 12.8 Å². The van der Waals surface area contributed by atoms with E-state index in [9.17, 15) is 9.59 Å². The molecule has 0 aliphatic carbocycles. The molecule has 6 nitrogen and oxygen atoms in total. The number of aryl methyl sites for hydroxylation is 1. The first-order chi connectivity index (χ1) is 15.9. The summed E-state index contributed by atoms with van der Waals surface area (Å²) < 4.78 is 5.34. The zero-order valence-electron chi connectivity index (χ0n) is 20.2. The van der Waals surface area contributed by atoms with Gasteiger partial charge in [-0.25, -0.2) is 0 Å². The maximum absolute atomic E-state index is 13.9. The van der Waals surface area contributed by atoms with Gasteiger partial charge < -0.3 is 19.4 Å². The van der Waals surface area contributed by atoms with Crippen LogP contribution in [-0.2, 0) is 9.59 Å². The van der Waals surface area contributed by atoms with E-state index in [1.807, 2.05) is 72.3 Å². The molecule has 33 heavy (non-hydrogen) atoms. The van der Waals surface area contributed by atoms with Crippen molar-refractivity contribution >= 4 is 17.5 Å². The van der Waals surface area contributed by atoms with Crippen molar-refractivity contribution in [3.05, 3.63) is 59.7 Å². The second-order valence-corrected chi connectivity index (χ2v) is 9.45. The minimum atomic E-state index is -0.346. The normalized spacial score (nSPS) is 22.3. The van der Waals surface area contributed by atoms with Crippen LogP contribution >= 0.6 is 0 Å². The van der Waals surface area contributed by atoms with Crippen molar-refractivity contribution in [3.63, 3.8) is 0 Å². The fraction of sp³-hybridized carbons (Fsp3) is 0.481. The van der Waals surface area contributed by atoms with E-state index in [1.165, 1.54) is 0 Å². The zero-order valence-corrected chi connectivity index (χ0v) is 20.2. The average molecular weight is 450 g/mol. The van der Waals surface area contributed by atoms with E-state index in [-0.39, 0.29) is 29.8 Å². The number of methoxy groups -OCH3 is 1. The minimum absolute atomic E-state index is 0.0608. The first-order valence-electron chi connectivity index (χ1n) is 11.9. The third-order valence-electron chi connectivity index (χ3n) is 7.27. The third kappa shape index (κ3) is 4.91. The van der Waals surface area contributed by atoms with Crippen molar-refractivity contribution in [2.75, 3.05) is 39.2 Å². The van der Waals surface area contributed by atoms with Crippen LogP contribution in [0.1, 0.15) is 42.9 Å². The van der Waals surface area contributed by atoms with Crippen LogP contribution in [0.25, 0.3) is 0 Å². The highest BCUT2D eigenvalue weighted by Gasteiger charge is 2.43. The Labute approximate surface area is 197 Å². The fourth-order valence-corrected chi connectivity index (χ4v) is 5.17. The van der Waals surface area contributed by atoms with Crippen molar-refractivity contribution in [2.45, 2.75) is 44.7 Å². The Morgan fingerprint density at radius 2 is 1.64 bits per heavy atom. The number of anilines is 1. The summed E-state index contributed by atoms with van der Waals surface area (Å²) in [5, 5.41) is 0. The van der Waals surface area contributed by atoms with Gasteiger partial charge in [-0.2, -0.15) is 0 Å². The SMILES string of the molecule is COc1ccc(C2C(C(=O)N(C)C3CCN(C)CC3)CCC(=O)N2c2ccc(C)cc2)cc1. The Bertz CT molecular complexity index is 965. The predicted molar refractivity (Wildman–Crippen MR) is 130 cm³/mol. The maximum Gasteiger partial charge on any atom is 0.228 e. The topological polar surface area (TPSA) is 53.1 Å². The van der Waals surface area contributed by atoms with Crippen molar-refractivity contribution < 1.29 is 14.3 Å². The van der Waals surface area contributed by atoms with Gasteiger partial charge in [0, 0.05) is 25.2 Å². The van der Waals surface area contributed by atoms with Gasteiger partial charge in [-0.3, -0.25) is 9.59 Å². The van der Waals surface area contributed by atoms with E-state index in [4.69, 9.17) is 4.74 Å². The molecule has 176 valence electrons. The standard InChI is InChI=1S/C27H35N3O3/c1-19-5-9-22(10-6-19)30-25(31)14-13-24(26(30)20-7-11-23(33-4)12-8-20)27(32)29(3)21-15-17-28(2)18-16-21/h5-12,21,24,26H,13-18H2,1-4H3. The van der Waals surface area contributed by atoms with Crippen LogP contribution in [0.4, 0.5) is 5.69 Å². The van der Waals surface area contributed by atoms with E-state index in [2.05, 4.69) is 11.9 Å². The summed E-state index contributed by atoms with van der Waals surface area (Å²) >= 11 is 0. The molecule has 0 radical (unpaired) electrons. The molecule has 0 aromatic heterocycles. The molecule has 2 aliphatic rings. The first-order valence-corrected chi connectivity index (χ1v) is 11.9. The number of carbonyl (C=O) groups is 2. The zero-order chi connectivity index (χ0) is 23.5. The first kappa shape index (κ1) is 23.3. The van der Waals surface area contributed by atoms with Gasteiger partial charge >= 0.3 is 0 Å². The lowest BCUT2D eigenvalue weighted by molar-refractivity contribution is -0.140. The lowest BCUT2D eigenvalue weighted by Crippen LogP contribution is -2.52. The molecule has 0 N–H and O–H groups in total. The van der Waals surface area contributed by atoms with Crippen LogP contribution in [0, 0.1) is 12.8 Å². The number of hydrogen-bond acceptors (Lipinski definition) is 4. The van der Waals surface area contributed by atoms with E-state index >= 15 is 0 Å². The highest BCUT2D eigenvalue weighted by atomic mass is 16.5. The molecule has 0 saturated carbocycles. The molecule has 2 heterocycles. The van der Waals surface area contributed by atoms with Gasteiger partial charge in [0.25, 0.3) is 0 Å². The molecular formula is C27H35N3O3. The van der Waals surface area contributed by atoms with Gasteiger partial charge in [0.15, 0.2) is 0 Å². The number of hydrogen-bond donors (Lipinski definition) is 0. The van der Waals surface area contributed by atoms with Gasteiger partial charge in [0.2, 0.25) is 11.8 Å². The van der Waals surface area contributed by atoms with Gasteiger partial charge in [-0.1, -0.05) is 29.8 Å². The molecule has 2 aromatic rings. The number of rotatable bonds is 5. The number of benzene rings is 2. The van der Waals surface area contributed by atoms with Crippen molar-refractivity contribution in [1.82, 2.24) is 9.80 Å². The van der Waals surface area contributed by atoms with Crippen LogP contribution in [0.2, 0.25) is 0 Å². The van der Waals surface area contributed by atoms with Crippen LogP contribution in [-0.4, -0.2) is 62.0 Å². The Hall–Kier alpha value is -2.86. The van der Waals surface area contributed by atoms with Crippen LogP contribution in [0.15, 0.2) is 48.5 Å². The summed E-state index contributed by atoms with van der Waals surface area (Å²) in [6.07, 6.45) is 2.91. The smallest absolute Gasteiger partial charge is 0.228 e. The quantitative estimate of drug-likeness (QED) is 0.691. The van der Waals surface area contributed by atoms with Crippen molar-refractivity contribution in [1.29, 1.82) is 0 Å². The molecule has 2 aromatic carbocycles. The van der Waals surface area contributed by atoms with Crippen molar-refractivity contribution in [2.24, 2.45) is 5.92 Å². The van der Waals surface area contributed by atoms with Gasteiger partial charge in [0.05, 0.1) is 19.1 Å². The van der Waals surface area contributed by atoms with Gasteiger partial charge in [-0.05, 0) is 76.2 Å². The van der Waals surface area contributed by atoms with Crippen LogP contribution < -0.4 is 9.64 Å². The molecular weight excluding hydrogens is 414 g/mol. The van der Waals surface area contributed by atoms with Crippen LogP contribution in [0.5, 0.6) is 5.75 Å². The number of amides is 2. The molecule has 2 saturated heterocycles. The molecule has 2 fully saturated rings. The number of likely N-dealkylation sites (tertiary alicyclic amines) is 1. The minimum Gasteiger partial charge on any atom is -0.497 e. The molecule has 0 bridgehead atoms. The van der Waals surface area contributed by atoms with Crippen LogP contribution in [0.3, 0.4) is 0 Å². The summed E-state index contributed by atoms with van der Waals surface area (Å²) in [5.41, 5.74) is 2.93. The Balaban J connectivity index is 1.69. The molecule has 0 spiro atoms. The molecule has 4 rings (SSSR count). The number of ether oxygens (including phenoxy) is 1. The predicted octanol–water partition coefficient (Wildman–Crippen LogP) is 4.04. The highest BCUT2D eigenvalue weighted by Crippen LogP contribution is 2.41. The Kier molecular flexibility index (Phi) is 7.03. The molecule has 2 aliphatic heterocycles. The lowest BCUT2D eigenvalue weighted by Gasteiger charge is -2.44. The summed E-state index contributed by atoms with van der Waals surface area (Å²) in [6, 6.07) is 15.7. The fourth-order valence-electron chi connectivity index (χ4n) is 5.17. The monoisotopic (exact) mass is 449 g/mol. The second-order valence-electron chi connectivity index (χ2n) is 9.45. The average Bonchev–Trinajstić information content (AvgIpc) is 2.84. The van der Waals surface area contributed by atoms with E-state index < -0.39 is 0 Å². The molecule has 6 heteroatoms. The van der Waals surface area contributed by atoms with E-state index in [1.54, 1.807) is 7.11 Å². The highest BCUT2D eigenvalue weighted by molar-refractivity contribution is 5.97. The molecule has 2 unspecified atom stereocenters. The van der Waals surface area contributed by atoms with Crippen molar-refractivity contribution in [3.8, 4) is 5.75 Å². The van der Waals surface area contributed by atoms with E-state index in [0.717, 1.165) is 48.5 Å². The maximum atomic E-state index is 13.9. The molecule has 2 amide bonds.